The van der Waals surface area contributed by atoms with Crippen molar-refractivity contribution < 1.29 is 17.9 Å². The summed E-state index contributed by atoms with van der Waals surface area (Å²) in [6.45, 7) is 1.97. The summed E-state index contributed by atoms with van der Waals surface area (Å²) in [4.78, 5) is 11.2. The van der Waals surface area contributed by atoms with E-state index in [0.29, 0.717) is 6.54 Å². The number of esters is 1. The molecule has 16 heavy (non-hydrogen) atoms. The van der Waals surface area contributed by atoms with E-state index < -0.39 is 16.0 Å². The summed E-state index contributed by atoms with van der Waals surface area (Å²) in [5.74, 6) is -0.562. The second kappa shape index (κ2) is 4.67. The van der Waals surface area contributed by atoms with Crippen molar-refractivity contribution in [2.24, 2.45) is 7.05 Å². The van der Waals surface area contributed by atoms with Gasteiger partial charge in [0.15, 0.2) is 5.03 Å². The van der Waals surface area contributed by atoms with Gasteiger partial charge in [0, 0.05) is 19.8 Å². The van der Waals surface area contributed by atoms with Crippen LogP contribution in [0.1, 0.15) is 17.3 Å². The molecule has 7 heteroatoms. The fourth-order valence-electron chi connectivity index (χ4n) is 1.30. The fraction of sp³-hybridized carbons (Fsp3) is 0.444. The molecule has 0 aliphatic heterocycles. The normalized spacial score (nSPS) is 11.4. The highest BCUT2D eigenvalue weighted by atomic mass is 32.2. The molecule has 0 radical (unpaired) electrons. The van der Waals surface area contributed by atoms with Gasteiger partial charge in [-0.1, -0.05) is 6.92 Å². The molecule has 0 aromatic carbocycles. The zero-order valence-corrected chi connectivity index (χ0v) is 10.2. The van der Waals surface area contributed by atoms with Gasteiger partial charge in [0.05, 0.1) is 12.7 Å². The number of rotatable bonds is 4. The molecule has 0 saturated carbocycles. The number of sulfonamides is 1. The number of hydrogen-bond donors (Lipinski definition) is 1. The highest BCUT2D eigenvalue weighted by molar-refractivity contribution is 7.89. The molecule has 1 N–H and O–H groups in total. The lowest BCUT2D eigenvalue weighted by Gasteiger charge is -2.04. The van der Waals surface area contributed by atoms with Crippen molar-refractivity contribution >= 4 is 16.0 Å². The van der Waals surface area contributed by atoms with Crippen molar-refractivity contribution in [2.45, 2.75) is 11.9 Å². The molecule has 0 spiro atoms. The van der Waals surface area contributed by atoms with Gasteiger partial charge >= 0.3 is 5.97 Å². The highest BCUT2D eigenvalue weighted by Gasteiger charge is 2.20. The number of carbonyl (C=O) groups is 1. The Hall–Kier alpha value is -1.34. The van der Waals surface area contributed by atoms with Crippen molar-refractivity contribution in [2.75, 3.05) is 13.7 Å². The van der Waals surface area contributed by atoms with Crippen molar-refractivity contribution in [3.05, 3.63) is 17.8 Å². The summed E-state index contributed by atoms with van der Waals surface area (Å²) in [7, 11) is -0.761. The van der Waals surface area contributed by atoms with E-state index in [9.17, 15) is 13.2 Å². The molecule has 1 heterocycles. The third-order valence-electron chi connectivity index (χ3n) is 1.99. The Labute approximate surface area is 94.3 Å². The van der Waals surface area contributed by atoms with Crippen LogP contribution in [0.15, 0.2) is 17.3 Å². The van der Waals surface area contributed by atoms with Crippen LogP contribution in [0, 0.1) is 0 Å². The second-order valence-electron chi connectivity index (χ2n) is 3.17. The van der Waals surface area contributed by atoms with E-state index in [1.165, 1.54) is 23.9 Å². The number of aromatic nitrogens is 1. The summed E-state index contributed by atoms with van der Waals surface area (Å²) in [5.41, 5.74) is 0.210. The third-order valence-corrected chi connectivity index (χ3v) is 3.62. The van der Waals surface area contributed by atoms with Gasteiger partial charge in [0.1, 0.15) is 0 Å². The molecular formula is C9H14N2O4S. The van der Waals surface area contributed by atoms with Gasteiger partial charge in [-0.05, 0) is 6.07 Å². The molecule has 0 aliphatic rings. The van der Waals surface area contributed by atoms with Crippen molar-refractivity contribution in [1.29, 1.82) is 0 Å². The SMILES string of the molecule is CCNS(=O)(=O)c1cc(C(=O)OC)cn1C. The first kappa shape index (κ1) is 12.7. The Kier molecular flexibility index (Phi) is 3.71. The van der Waals surface area contributed by atoms with Crippen LogP contribution in [0.25, 0.3) is 0 Å². The molecule has 0 atom stereocenters. The predicted octanol–water partition coefficient (Wildman–Crippen LogP) is 0.110. The van der Waals surface area contributed by atoms with Crippen LogP contribution in [-0.2, 0) is 21.8 Å². The summed E-state index contributed by atoms with van der Waals surface area (Å²) in [6, 6.07) is 1.28. The molecule has 1 rings (SSSR count). The van der Waals surface area contributed by atoms with Crippen LogP contribution in [0.3, 0.4) is 0 Å². The van der Waals surface area contributed by atoms with Gasteiger partial charge < -0.3 is 9.30 Å². The molecular weight excluding hydrogens is 232 g/mol. The van der Waals surface area contributed by atoms with E-state index >= 15 is 0 Å². The van der Waals surface area contributed by atoms with Gasteiger partial charge in [-0.2, -0.15) is 0 Å². The summed E-state index contributed by atoms with van der Waals surface area (Å²) in [5, 5.41) is 0.0368. The second-order valence-corrected chi connectivity index (χ2v) is 4.88. The molecule has 0 amide bonds. The van der Waals surface area contributed by atoms with Gasteiger partial charge in [-0.25, -0.2) is 17.9 Å². The first-order valence-electron chi connectivity index (χ1n) is 4.66. The monoisotopic (exact) mass is 246 g/mol. The molecule has 0 saturated heterocycles. The molecule has 0 bridgehead atoms. The Morgan fingerprint density at radius 1 is 1.56 bits per heavy atom. The number of ether oxygens (including phenoxy) is 1. The van der Waals surface area contributed by atoms with E-state index in [0.717, 1.165) is 0 Å². The number of nitrogens with zero attached hydrogens (tertiary/aromatic N) is 1. The standard InChI is InChI=1S/C9H14N2O4S/c1-4-10-16(13,14)8-5-7(6-11(8)2)9(12)15-3/h5-6,10H,4H2,1-3H3. The average Bonchev–Trinajstić information content (AvgIpc) is 2.60. The Balaban J connectivity index is 3.17. The third kappa shape index (κ3) is 2.42. The highest BCUT2D eigenvalue weighted by Crippen LogP contribution is 2.13. The molecule has 90 valence electrons. The summed E-state index contributed by atoms with van der Waals surface area (Å²) < 4.78 is 31.6. The lowest BCUT2D eigenvalue weighted by molar-refractivity contribution is 0.0600. The van der Waals surface area contributed by atoms with Gasteiger partial charge in [0.25, 0.3) is 10.0 Å². The van der Waals surface area contributed by atoms with Crippen LogP contribution in [0.4, 0.5) is 0 Å². The van der Waals surface area contributed by atoms with Crippen LogP contribution in [-0.4, -0.2) is 32.6 Å². The maximum Gasteiger partial charge on any atom is 0.339 e. The lowest BCUT2D eigenvalue weighted by Crippen LogP contribution is -2.24. The van der Waals surface area contributed by atoms with E-state index in [1.54, 1.807) is 14.0 Å². The first-order valence-corrected chi connectivity index (χ1v) is 6.15. The molecule has 6 nitrogen and oxygen atoms in total. The van der Waals surface area contributed by atoms with Gasteiger partial charge in [-0.15, -0.1) is 0 Å². The quantitative estimate of drug-likeness (QED) is 0.765. The number of aryl methyl sites for hydroxylation is 1. The van der Waals surface area contributed by atoms with Crippen LogP contribution >= 0.6 is 0 Å². The first-order chi connectivity index (χ1) is 7.42. The smallest absolute Gasteiger partial charge is 0.339 e. The zero-order chi connectivity index (χ0) is 12.3. The van der Waals surface area contributed by atoms with E-state index in [1.807, 2.05) is 0 Å². The summed E-state index contributed by atoms with van der Waals surface area (Å²) in [6.07, 6.45) is 1.41. The minimum absolute atomic E-state index is 0.0368. The number of methoxy groups -OCH3 is 1. The number of hydrogen-bond acceptors (Lipinski definition) is 4. The summed E-state index contributed by atoms with van der Waals surface area (Å²) >= 11 is 0. The van der Waals surface area contributed by atoms with Crippen LogP contribution < -0.4 is 4.72 Å². The number of nitrogens with one attached hydrogen (secondary N) is 1. The minimum Gasteiger partial charge on any atom is -0.465 e. The fourth-order valence-corrected chi connectivity index (χ4v) is 2.55. The van der Waals surface area contributed by atoms with Crippen LogP contribution in [0.2, 0.25) is 0 Å². The van der Waals surface area contributed by atoms with E-state index in [2.05, 4.69) is 9.46 Å². The van der Waals surface area contributed by atoms with Gasteiger partial charge in [-0.3, -0.25) is 0 Å². The zero-order valence-electron chi connectivity index (χ0n) is 9.35. The lowest BCUT2D eigenvalue weighted by atomic mass is 10.3. The van der Waals surface area contributed by atoms with Crippen molar-refractivity contribution in [3.63, 3.8) is 0 Å². The number of carbonyl (C=O) groups excluding carboxylic acids is 1. The minimum atomic E-state index is -3.56. The predicted molar refractivity (Wildman–Crippen MR) is 57.6 cm³/mol. The Morgan fingerprint density at radius 2 is 2.19 bits per heavy atom. The molecule has 0 unspecified atom stereocenters. The maximum absolute atomic E-state index is 11.7. The average molecular weight is 246 g/mol. The van der Waals surface area contributed by atoms with E-state index in [4.69, 9.17) is 0 Å². The molecule has 1 aromatic heterocycles. The molecule has 0 fully saturated rings. The maximum atomic E-state index is 11.7. The van der Waals surface area contributed by atoms with Gasteiger partial charge in [0.2, 0.25) is 0 Å². The van der Waals surface area contributed by atoms with Crippen molar-refractivity contribution in [3.8, 4) is 0 Å². The van der Waals surface area contributed by atoms with Crippen LogP contribution in [0.5, 0.6) is 0 Å². The Morgan fingerprint density at radius 3 is 2.69 bits per heavy atom. The van der Waals surface area contributed by atoms with E-state index in [-0.39, 0.29) is 10.6 Å². The largest absolute Gasteiger partial charge is 0.465 e. The molecule has 0 aliphatic carbocycles. The molecule has 1 aromatic rings. The Bertz CT molecular complexity index is 490. The topological polar surface area (TPSA) is 77.4 Å². The van der Waals surface area contributed by atoms with Crippen molar-refractivity contribution in [1.82, 2.24) is 9.29 Å².